The van der Waals surface area contributed by atoms with Gasteiger partial charge in [-0.15, -0.1) is 11.3 Å². The normalized spacial score (nSPS) is 11.2. The van der Waals surface area contributed by atoms with Gasteiger partial charge in [-0.05, 0) is 17.7 Å². The second-order valence-corrected chi connectivity index (χ2v) is 4.39. The van der Waals surface area contributed by atoms with E-state index >= 15 is 0 Å². The average molecular weight is 259 g/mol. The summed E-state index contributed by atoms with van der Waals surface area (Å²) >= 11 is 2.33. The summed E-state index contributed by atoms with van der Waals surface area (Å²) in [4.78, 5) is 23.7. The number of nitrogens with zero attached hydrogens (tertiary/aromatic N) is 3. The van der Waals surface area contributed by atoms with E-state index in [9.17, 15) is 14.9 Å². The number of amides is 1. The van der Waals surface area contributed by atoms with Crippen molar-refractivity contribution in [1.82, 2.24) is 4.90 Å². The Hall–Kier alpha value is -1.41. The molecular weight excluding hydrogens is 250 g/mol. The molecule has 0 saturated heterocycles. The van der Waals surface area contributed by atoms with Gasteiger partial charge in [-0.3, -0.25) is 9.69 Å². The lowest BCUT2D eigenvalue weighted by Gasteiger charge is -2.13. The number of thioether (sulfide) groups is 1. The zero-order chi connectivity index (χ0) is 12.1. The molecule has 1 heterocycles. The molecule has 1 rings (SSSR count). The van der Waals surface area contributed by atoms with Crippen LogP contribution in [0.4, 0.5) is 0 Å². The van der Waals surface area contributed by atoms with Crippen LogP contribution in [-0.4, -0.2) is 34.3 Å². The van der Waals surface area contributed by atoms with Gasteiger partial charge >= 0.3 is 0 Å². The molecule has 0 atom stereocenters. The number of nitro groups is 1. The first-order valence-corrected chi connectivity index (χ1v) is 6.25. The largest absolute Gasteiger partial charge is 0.285 e. The third-order valence-electron chi connectivity index (χ3n) is 1.67. The van der Waals surface area contributed by atoms with Crippen LogP contribution in [0.5, 0.6) is 0 Å². The molecule has 0 aromatic carbocycles. The predicted octanol–water partition coefficient (Wildman–Crippen LogP) is 1.73. The van der Waals surface area contributed by atoms with Crippen molar-refractivity contribution in [1.29, 1.82) is 0 Å². The van der Waals surface area contributed by atoms with Crippen LogP contribution in [0.25, 0.3) is 0 Å². The summed E-state index contributed by atoms with van der Waals surface area (Å²) in [5.74, 6) is -0.301. The fraction of sp³-hybridized carbons (Fsp3) is 0.250. The number of hydrogen-bond donors (Lipinski definition) is 0. The van der Waals surface area contributed by atoms with E-state index in [4.69, 9.17) is 0 Å². The lowest BCUT2D eigenvalue weighted by atomic mass is 10.4. The van der Waals surface area contributed by atoms with Crippen LogP contribution in [0, 0.1) is 10.1 Å². The molecule has 0 bridgehead atoms. The molecular formula is C8H9N3O3S2. The quantitative estimate of drug-likeness (QED) is 0.351. The highest BCUT2D eigenvalue weighted by atomic mass is 32.2. The molecule has 0 N–H and O–H groups in total. The van der Waals surface area contributed by atoms with Crippen molar-refractivity contribution in [2.45, 2.75) is 0 Å². The Morgan fingerprint density at radius 1 is 1.69 bits per heavy atom. The Balaban J connectivity index is 2.88. The highest BCUT2D eigenvalue weighted by Gasteiger charge is 2.19. The van der Waals surface area contributed by atoms with Crippen molar-refractivity contribution in [2.75, 3.05) is 13.3 Å². The van der Waals surface area contributed by atoms with Crippen molar-refractivity contribution < 1.29 is 9.83 Å². The Kier molecular flexibility index (Phi) is 4.44. The van der Waals surface area contributed by atoms with Crippen LogP contribution >= 0.6 is 23.1 Å². The summed E-state index contributed by atoms with van der Waals surface area (Å²) in [7, 11) is 1.46. The fourth-order valence-corrected chi connectivity index (χ4v) is 2.17. The molecule has 1 amide bonds. The summed E-state index contributed by atoms with van der Waals surface area (Å²) in [5.41, 5.74) is 0. The Morgan fingerprint density at radius 3 is 2.81 bits per heavy atom. The van der Waals surface area contributed by atoms with Crippen molar-refractivity contribution in [3.8, 4) is 0 Å². The zero-order valence-electron chi connectivity index (χ0n) is 8.61. The summed E-state index contributed by atoms with van der Waals surface area (Å²) in [6, 6.07) is 3.41. The summed E-state index contributed by atoms with van der Waals surface area (Å²) in [6.07, 6.45) is 1.63. The zero-order valence-corrected chi connectivity index (χ0v) is 10.2. The second kappa shape index (κ2) is 5.61. The van der Waals surface area contributed by atoms with E-state index in [1.807, 2.05) is 0 Å². The highest BCUT2D eigenvalue weighted by molar-refractivity contribution is 8.13. The molecule has 8 heteroatoms. The summed E-state index contributed by atoms with van der Waals surface area (Å²) in [6.45, 7) is 0. The first-order valence-electron chi connectivity index (χ1n) is 4.14. The third-order valence-corrected chi connectivity index (χ3v) is 3.25. The Labute approximate surface area is 100 Å². The fourth-order valence-electron chi connectivity index (χ4n) is 0.967. The minimum absolute atomic E-state index is 0.0587. The van der Waals surface area contributed by atoms with Gasteiger partial charge in [0.25, 0.3) is 5.91 Å². The van der Waals surface area contributed by atoms with E-state index in [1.165, 1.54) is 23.3 Å². The van der Waals surface area contributed by atoms with Gasteiger partial charge in [-0.25, -0.2) is 10.1 Å². The standard InChI is InChI=1S/C8H9N3O3S2/c1-10(8(15-2)9-11(13)14)7(12)6-4-3-5-16-6/h3-5H,1-2H3/b9-8-. The van der Waals surface area contributed by atoms with Gasteiger partial charge in [0.2, 0.25) is 5.17 Å². The average Bonchev–Trinajstić information content (AvgIpc) is 2.76. The van der Waals surface area contributed by atoms with Crippen LogP contribution < -0.4 is 0 Å². The molecule has 1 aromatic heterocycles. The lowest BCUT2D eigenvalue weighted by molar-refractivity contribution is -0.485. The van der Waals surface area contributed by atoms with Crippen molar-refractivity contribution in [3.63, 3.8) is 0 Å². The van der Waals surface area contributed by atoms with Crippen molar-refractivity contribution in [2.24, 2.45) is 5.10 Å². The number of hydrazone groups is 1. The van der Waals surface area contributed by atoms with Gasteiger partial charge in [0.15, 0.2) is 5.03 Å². The number of carbonyl (C=O) groups excluding carboxylic acids is 1. The summed E-state index contributed by atoms with van der Waals surface area (Å²) in [5, 5.41) is 14.4. The van der Waals surface area contributed by atoms with Crippen molar-refractivity contribution >= 4 is 34.2 Å². The molecule has 1 aromatic rings. The van der Waals surface area contributed by atoms with Gasteiger partial charge in [0.05, 0.1) is 9.98 Å². The predicted molar refractivity (Wildman–Crippen MR) is 64.4 cm³/mol. The molecule has 0 aliphatic carbocycles. The Bertz CT molecular complexity index is 416. The lowest BCUT2D eigenvalue weighted by Crippen LogP contribution is -2.31. The van der Waals surface area contributed by atoms with Gasteiger partial charge in [-0.2, -0.15) is 0 Å². The number of thiophene rings is 1. The topological polar surface area (TPSA) is 75.8 Å². The molecule has 16 heavy (non-hydrogen) atoms. The van der Waals surface area contributed by atoms with E-state index < -0.39 is 5.03 Å². The first-order chi connectivity index (χ1) is 7.56. The van der Waals surface area contributed by atoms with Crippen LogP contribution in [0.3, 0.4) is 0 Å². The molecule has 0 fully saturated rings. The van der Waals surface area contributed by atoms with Gasteiger partial charge < -0.3 is 0 Å². The molecule has 0 aliphatic heterocycles. The molecule has 0 unspecified atom stereocenters. The van der Waals surface area contributed by atoms with Gasteiger partial charge in [0, 0.05) is 7.05 Å². The molecule has 0 aliphatic rings. The number of rotatable bonds is 2. The molecule has 6 nitrogen and oxygen atoms in total. The van der Waals surface area contributed by atoms with Crippen LogP contribution in [0.1, 0.15) is 9.67 Å². The number of carbonyl (C=O) groups is 1. The minimum Gasteiger partial charge on any atom is -0.285 e. The van der Waals surface area contributed by atoms with E-state index in [0.717, 1.165) is 11.8 Å². The third kappa shape index (κ3) is 3.04. The number of hydrogen-bond acceptors (Lipinski definition) is 5. The maximum atomic E-state index is 11.8. The second-order valence-electron chi connectivity index (χ2n) is 2.67. The number of amidine groups is 1. The van der Waals surface area contributed by atoms with Crippen molar-refractivity contribution in [3.05, 3.63) is 32.5 Å². The smallest absolute Gasteiger partial charge is 0.269 e. The minimum atomic E-state index is -0.815. The maximum Gasteiger partial charge on any atom is 0.269 e. The van der Waals surface area contributed by atoms with Gasteiger partial charge in [-0.1, -0.05) is 17.8 Å². The first kappa shape index (κ1) is 12.7. The monoisotopic (exact) mass is 259 g/mol. The van der Waals surface area contributed by atoms with Crippen LogP contribution in [0.2, 0.25) is 0 Å². The highest BCUT2D eigenvalue weighted by Crippen LogP contribution is 2.14. The molecule has 0 saturated carbocycles. The van der Waals surface area contributed by atoms with Gasteiger partial charge in [0.1, 0.15) is 0 Å². The van der Waals surface area contributed by atoms with Crippen LogP contribution in [-0.2, 0) is 0 Å². The van der Waals surface area contributed by atoms with E-state index in [0.29, 0.717) is 4.88 Å². The maximum absolute atomic E-state index is 11.8. The Morgan fingerprint density at radius 2 is 2.38 bits per heavy atom. The van der Waals surface area contributed by atoms with E-state index in [-0.39, 0.29) is 11.1 Å². The molecule has 0 radical (unpaired) electrons. The van der Waals surface area contributed by atoms with E-state index in [2.05, 4.69) is 5.10 Å². The molecule has 86 valence electrons. The SMILES string of the molecule is CS/C(=N\[N+](=O)[O-])N(C)C(=O)c1cccs1. The summed E-state index contributed by atoms with van der Waals surface area (Å²) < 4.78 is 0. The van der Waals surface area contributed by atoms with E-state index in [1.54, 1.807) is 23.8 Å². The molecule has 0 spiro atoms. The van der Waals surface area contributed by atoms with Crippen LogP contribution in [0.15, 0.2) is 22.6 Å².